The van der Waals surface area contributed by atoms with Gasteiger partial charge in [0.25, 0.3) is 0 Å². The lowest BCUT2D eigenvalue weighted by Crippen LogP contribution is -2.35. The molecule has 0 unspecified atom stereocenters. The van der Waals surface area contributed by atoms with Crippen LogP contribution in [0.5, 0.6) is 0 Å². The Morgan fingerprint density at radius 3 is 2.50 bits per heavy atom. The maximum absolute atomic E-state index is 11.7. The van der Waals surface area contributed by atoms with Gasteiger partial charge in [-0.3, -0.25) is 4.79 Å². The Bertz CT molecular complexity index is 263. The van der Waals surface area contributed by atoms with E-state index in [1.807, 2.05) is 6.92 Å². The highest BCUT2D eigenvalue weighted by atomic mass is 32.2. The molecule has 1 rings (SSSR count). The summed E-state index contributed by atoms with van der Waals surface area (Å²) in [5, 5.41) is 2.91. The zero-order valence-corrected chi connectivity index (χ0v) is 11.8. The second-order valence-corrected chi connectivity index (χ2v) is 5.96. The van der Waals surface area contributed by atoms with Crippen LogP contribution in [-0.4, -0.2) is 39.5 Å². The second kappa shape index (κ2) is 6.45. The molecular formula is C11H20N2OS2. The van der Waals surface area contributed by atoms with Crippen molar-refractivity contribution in [3.05, 3.63) is 0 Å². The summed E-state index contributed by atoms with van der Waals surface area (Å²) in [6.07, 6.45) is 2.26. The van der Waals surface area contributed by atoms with Crippen molar-refractivity contribution in [3.8, 4) is 0 Å². The summed E-state index contributed by atoms with van der Waals surface area (Å²) < 4.78 is 0.823. The van der Waals surface area contributed by atoms with Crippen molar-refractivity contribution in [1.29, 1.82) is 0 Å². The first-order valence-corrected chi connectivity index (χ1v) is 7.13. The molecule has 1 aliphatic carbocycles. The Morgan fingerprint density at radius 1 is 1.50 bits per heavy atom. The minimum atomic E-state index is -0.0892. The lowest BCUT2D eigenvalue weighted by molar-refractivity contribution is -0.120. The molecule has 1 atom stereocenters. The highest BCUT2D eigenvalue weighted by molar-refractivity contribution is 8.23. The smallest absolute Gasteiger partial charge is 0.233 e. The molecular weight excluding hydrogens is 240 g/mol. The predicted octanol–water partition coefficient (Wildman–Crippen LogP) is 2.01. The van der Waals surface area contributed by atoms with Crippen LogP contribution < -0.4 is 5.32 Å². The van der Waals surface area contributed by atoms with Gasteiger partial charge in [-0.2, -0.15) is 0 Å². The molecule has 0 aromatic rings. The standard InChI is InChI=1S/C11H20N2OS2/c1-4-13(5-2)11(15)16-8(3)10(14)12-9-6-7-9/h8-9H,4-7H2,1-3H3,(H,12,14)/t8-/m0/s1. The molecule has 1 N–H and O–H groups in total. The zero-order valence-electron chi connectivity index (χ0n) is 10.2. The number of thioether (sulfide) groups is 1. The third kappa shape index (κ3) is 4.29. The number of nitrogens with one attached hydrogen (secondary N) is 1. The number of thiocarbonyl (C=S) groups is 1. The molecule has 0 saturated heterocycles. The van der Waals surface area contributed by atoms with E-state index in [-0.39, 0.29) is 11.2 Å². The Morgan fingerprint density at radius 2 is 2.06 bits per heavy atom. The molecule has 0 aromatic carbocycles. The van der Waals surface area contributed by atoms with Gasteiger partial charge in [0.1, 0.15) is 4.32 Å². The Labute approximate surface area is 107 Å². The lowest BCUT2D eigenvalue weighted by Gasteiger charge is -2.22. The van der Waals surface area contributed by atoms with E-state index in [1.165, 1.54) is 11.8 Å². The number of nitrogens with zero attached hydrogens (tertiary/aromatic N) is 1. The minimum absolute atomic E-state index is 0.0892. The van der Waals surface area contributed by atoms with Gasteiger partial charge in [-0.1, -0.05) is 24.0 Å². The molecule has 5 heteroatoms. The van der Waals surface area contributed by atoms with E-state index in [9.17, 15) is 4.79 Å². The van der Waals surface area contributed by atoms with Gasteiger partial charge in [0.15, 0.2) is 0 Å². The van der Waals surface area contributed by atoms with Gasteiger partial charge in [-0.25, -0.2) is 0 Å². The monoisotopic (exact) mass is 260 g/mol. The molecule has 0 heterocycles. The number of carbonyl (C=O) groups excluding carboxylic acids is 1. The minimum Gasteiger partial charge on any atom is -0.358 e. The van der Waals surface area contributed by atoms with Crippen LogP contribution in [0.1, 0.15) is 33.6 Å². The molecule has 16 heavy (non-hydrogen) atoms. The summed E-state index contributed by atoms with van der Waals surface area (Å²) in [7, 11) is 0. The van der Waals surface area contributed by atoms with Crippen LogP contribution in [0.4, 0.5) is 0 Å². The van der Waals surface area contributed by atoms with Crippen molar-refractivity contribution in [3.63, 3.8) is 0 Å². The molecule has 92 valence electrons. The number of rotatable bonds is 5. The first kappa shape index (κ1) is 13.8. The molecule has 0 aliphatic heterocycles. The van der Waals surface area contributed by atoms with Crippen molar-refractivity contribution in [2.45, 2.75) is 44.9 Å². The van der Waals surface area contributed by atoms with E-state index in [4.69, 9.17) is 12.2 Å². The Hall–Kier alpha value is -0.290. The normalized spacial score (nSPS) is 16.7. The average molecular weight is 260 g/mol. The Kier molecular flexibility index (Phi) is 5.55. The van der Waals surface area contributed by atoms with E-state index in [0.29, 0.717) is 6.04 Å². The summed E-state index contributed by atoms with van der Waals surface area (Å²) in [6.45, 7) is 7.87. The molecule has 1 fully saturated rings. The number of amides is 1. The molecule has 0 radical (unpaired) electrons. The summed E-state index contributed by atoms with van der Waals surface area (Å²) in [5.41, 5.74) is 0. The molecule has 0 aromatic heterocycles. The van der Waals surface area contributed by atoms with E-state index >= 15 is 0 Å². The number of hydrogen-bond acceptors (Lipinski definition) is 3. The fraction of sp³-hybridized carbons (Fsp3) is 0.818. The fourth-order valence-electron chi connectivity index (χ4n) is 1.31. The largest absolute Gasteiger partial charge is 0.358 e. The zero-order chi connectivity index (χ0) is 12.1. The van der Waals surface area contributed by atoms with E-state index in [1.54, 1.807) is 0 Å². The summed E-state index contributed by atoms with van der Waals surface area (Å²) in [5.74, 6) is 0.113. The SMILES string of the molecule is CCN(CC)C(=S)S[C@@H](C)C(=O)NC1CC1. The topological polar surface area (TPSA) is 32.3 Å². The van der Waals surface area contributed by atoms with Crippen molar-refractivity contribution in [1.82, 2.24) is 10.2 Å². The molecule has 0 spiro atoms. The van der Waals surface area contributed by atoms with Crippen molar-refractivity contribution in [2.75, 3.05) is 13.1 Å². The number of carbonyl (C=O) groups is 1. The highest BCUT2D eigenvalue weighted by Gasteiger charge is 2.26. The summed E-state index contributed by atoms with van der Waals surface area (Å²) in [4.78, 5) is 13.8. The molecule has 0 bridgehead atoms. The van der Waals surface area contributed by atoms with E-state index in [0.717, 1.165) is 30.3 Å². The van der Waals surface area contributed by atoms with Crippen molar-refractivity contribution < 1.29 is 4.79 Å². The van der Waals surface area contributed by atoms with Crippen LogP contribution in [0.2, 0.25) is 0 Å². The second-order valence-electron chi connectivity index (χ2n) is 3.98. The van der Waals surface area contributed by atoms with E-state index < -0.39 is 0 Å². The van der Waals surface area contributed by atoms with Crippen molar-refractivity contribution in [2.24, 2.45) is 0 Å². The van der Waals surface area contributed by atoms with Crippen LogP contribution in [0.25, 0.3) is 0 Å². The van der Waals surface area contributed by atoms with Gasteiger partial charge < -0.3 is 10.2 Å². The average Bonchev–Trinajstić information content (AvgIpc) is 3.03. The number of hydrogen-bond donors (Lipinski definition) is 1. The third-order valence-corrected chi connectivity index (χ3v) is 4.17. The van der Waals surface area contributed by atoms with Crippen LogP contribution in [0.3, 0.4) is 0 Å². The lowest BCUT2D eigenvalue weighted by atomic mass is 10.4. The van der Waals surface area contributed by atoms with Crippen LogP contribution in [0, 0.1) is 0 Å². The van der Waals surface area contributed by atoms with Crippen LogP contribution in [0.15, 0.2) is 0 Å². The van der Waals surface area contributed by atoms with Crippen LogP contribution >= 0.6 is 24.0 Å². The molecule has 3 nitrogen and oxygen atoms in total. The van der Waals surface area contributed by atoms with Crippen LogP contribution in [-0.2, 0) is 4.79 Å². The van der Waals surface area contributed by atoms with Gasteiger partial charge in [-0.15, -0.1) is 0 Å². The Balaban J connectivity index is 2.33. The third-order valence-electron chi connectivity index (χ3n) is 2.59. The summed E-state index contributed by atoms with van der Waals surface area (Å²) in [6, 6.07) is 0.428. The van der Waals surface area contributed by atoms with Gasteiger partial charge in [0, 0.05) is 19.1 Å². The quantitative estimate of drug-likeness (QED) is 0.767. The molecule has 1 amide bonds. The van der Waals surface area contributed by atoms with Crippen molar-refractivity contribution >= 4 is 34.2 Å². The molecule has 1 saturated carbocycles. The summed E-state index contributed by atoms with van der Waals surface area (Å²) >= 11 is 6.79. The first-order valence-electron chi connectivity index (χ1n) is 5.84. The highest BCUT2D eigenvalue weighted by Crippen LogP contribution is 2.21. The van der Waals surface area contributed by atoms with Gasteiger partial charge >= 0.3 is 0 Å². The van der Waals surface area contributed by atoms with Gasteiger partial charge in [-0.05, 0) is 33.6 Å². The fourth-order valence-corrected chi connectivity index (χ4v) is 2.88. The van der Waals surface area contributed by atoms with E-state index in [2.05, 4.69) is 24.1 Å². The van der Waals surface area contributed by atoms with Gasteiger partial charge in [0.2, 0.25) is 5.91 Å². The molecule has 1 aliphatic rings. The maximum atomic E-state index is 11.7. The predicted molar refractivity (Wildman–Crippen MR) is 73.7 cm³/mol. The van der Waals surface area contributed by atoms with Gasteiger partial charge in [0.05, 0.1) is 5.25 Å². The maximum Gasteiger partial charge on any atom is 0.233 e. The first-order chi connectivity index (χ1) is 7.58.